The summed E-state index contributed by atoms with van der Waals surface area (Å²) in [6.07, 6.45) is 0. The lowest BCUT2D eigenvalue weighted by atomic mass is 10.0. The Kier molecular flexibility index (Phi) is 4.76. The first kappa shape index (κ1) is 15.0. The van der Waals surface area contributed by atoms with Crippen molar-refractivity contribution in [3.8, 4) is 22.6 Å². The lowest BCUT2D eigenvalue weighted by Crippen LogP contribution is -1.97. The number of benzene rings is 2. The van der Waals surface area contributed by atoms with Gasteiger partial charge in [0.05, 0.1) is 14.2 Å². The molecule has 2 N–H and O–H groups in total. The van der Waals surface area contributed by atoms with Crippen LogP contribution in [0.25, 0.3) is 11.1 Å². The maximum atomic E-state index is 6.26. The van der Waals surface area contributed by atoms with Crippen LogP contribution in [0.15, 0.2) is 30.3 Å². The van der Waals surface area contributed by atoms with Gasteiger partial charge in [-0.05, 0) is 29.3 Å². The topological polar surface area (TPSA) is 44.5 Å². The van der Waals surface area contributed by atoms with Crippen LogP contribution in [0.4, 0.5) is 0 Å². The van der Waals surface area contributed by atoms with E-state index in [0.717, 1.165) is 16.7 Å². The molecule has 0 aliphatic carbocycles. The highest BCUT2D eigenvalue weighted by molar-refractivity contribution is 6.34. The van der Waals surface area contributed by atoms with Gasteiger partial charge in [-0.3, -0.25) is 0 Å². The van der Waals surface area contributed by atoms with Crippen molar-refractivity contribution in [1.82, 2.24) is 0 Å². The normalized spacial score (nSPS) is 10.4. The summed E-state index contributed by atoms with van der Waals surface area (Å²) in [5.74, 6) is 1.12. The highest BCUT2D eigenvalue weighted by atomic mass is 35.5. The van der Waals surface area contributed by atoms with Crippen molar-refractivity contribution in [2.24, 2.45) is 5.73 Å². The molecule has 2 rings (SSSR count). The molecule has 0 fully saturated rings. The third-order valence-electron chi connectivity index (χ3n) is 3.07. The second-order valence-corrected chi connectivity index (χ2v) is 4.96. The van der Waals surface area contributed by atoms with Crippen molar-refractivity contribution in [2.75, 3.05) is 14.2 Å². The molecule has 0 saturated carbocycles. The molecule has 2 aromatic carbocycles. The molecule has 2 aromatic rings. The standard InChI is InChI=1S/C15H15Cl2NO2/c1-19-13-6-5-11(15(20-2)14(13)17)9-3-4-10(8-18)12(16)7-9/h3-7H,8,18H2,1-2H3. The number of rotatable bonds is 4. The second-order valence-electron chi connectivity index (χ2n) is 4.17. The first-order valence-electron chi connectivity index (χ1n) is 6.01. The molecule has 106 valence electrons. The summed E-state index contributed by atoms with van der Waals surface area (Å²) >= 11 is 12.5. The number of methoxy groups -OCH3 is 2. The van der Waals surface area contributed by atoms with Gasteiger partial charge in [0.25, 0.3) is 0 Å². The van der Waals surface area contributed by atoms with Gasteiger partial charge in [-0.25, -0.2) is 0 Å². The van der Waals surface area contributed by atoms with Crippen LogP contribution in [0.5, 0.6) is 11.5 Å². The highest BCUT2D eigenvalue weighted by Crippen LogP contribution is 2.42. The quantitative estimate of drug-likeness (QED) is 0.923. The van der Waals surface area contributed by atoms with E-state index in [1.165, 1.54) is 0 Å². The minimum Gasteiger partial charge on any atom is -0.495 e. The summed E-state index contributed by atoms with van der Waals surface area (Å²) in [7, 11) is 3.13. The predicted molar refractivity (Wildman–Crippen MR) is 82.9 cm³/mol. The monoisotopic (exact) mass is 311 g/mol. The zero-order valence-corrected chi connectivity index (χ0v) is 12.8. The van der Waals surface area contributed by atoms with Gasteiger partial charge in [0.1, 0.15) is 16.5 Å². The number of nitrogens with two attached hydrogens (primary N) is 1. The SMILES string of the molecule is COc1ccc(-c2ccc(CN)c(Cl)c2)c(OC)c1Cl. The van der Waals surface area contributed by atoms with Crippen LogP contribution in [0.2, 0.25) is 10.0 Å². The first-order valence-corrected chi connectivity index (χ1v) is 6.77. The minimum atomic E-state index is 0.402. The summed E-state index contributed by atoms with van der Waals surface area (Å²) < 4.78 is 10.6. The Morgan fingerprint density at radius 3 is 2.35 bits per heavy atom. The summed E-state index contributed by atoms with van der Waals surface area (Å²) in [5.41, 5.74) is 8.27. The van der Waals surface area contributed by atoms with Crippen molar-refractivity contribution >= 4 is 23.2 Å². The van der Waals surface area contributed by atoms with E-state index in [-0.39, 0.29) is 0 Å². The molecule has 0 bridgehead atoms. The van der Waals surface area contributed by atoms with Gasteiger partial charge in [-0.2, -0.15) is 0 Å². The summed E-state index contributed by atoms with van der Waals surface area (Å²) in [6.45, 7) is 0.402. The van der Waals surface area contributed by atoms with Crippen LogP contribution >= 0.6 is 23.2 Å². The highest BCUT2D eigenvalue weighted by Gasteiger charge is 2.15. The molecule has 0 heterocycles. The minimum absolute atomic E-state index is 0.402. The van der Waals surface area contributed by atoms with Gasteiger partial charge < -0.3 is 15.2 Å². The maximum Gasteiger partial charge on any atom is 0.149 e. The molecule has 0 saturated heterocycles. The Hall–Kier alpha value is -1.42. The van der Waals surface area contributed by atoms with Crippen LogP contribution < -0.4 is 15.2 Å². The fourth-order valence-corrected chi connectivity index (χ4v) is 2.58. The van der Waals surface area contributed by atoms with Gasteiger partial charge in [0, 0.05) is 17.1 Å². The number of halogens is 2. The molecule has 0 aromatic heterocycles. The molecule has 0 radical (unpaired) electrons. The fourth-order valence-electron chi connectivity index (χ4n) is 2.00. The Balaban J connectivity index is 2.58. The van der Waals surface area contributed by atoms with Crippen molar-refractivity contribution in [3.05, 3.63) is 45.9 Å². The van der Waals surface area contributed by atoms with E-state index in [9.17, 15) is 0 Å². The van der Waals surface area contributed by atoms with Crippen LogP contribution in [0, 0.1) is 0 Å². The molecule has 0 amide bonds. The molecular weight excluding hydrogens is 297 g/mol. The summed E-state index contributed by atoms with van der Waals surface area (Å²) in [6, 6.07) is 9.37. The van der Waals surface area contributed by atoms with Gasteiger partial charge >= 0.3 is 0 Å². The molecule has 5 heteroatoms. The lowest BCUT2D eigenvalue weighted by molar-refractivity contribution is 0.396. The second kappa shape index (κ2) is 6.35. The van der Waals surface area contributed by atoms with E-state index in [1.807, 2.05) is 24.3 Å². The van der Waals surface area contributed by atoms with Crippen LogP contribution in [-0.4, -0.2) is 14.2 Å². The Bertz CT molecular complexity index is 630. The molecule has 0 unspecified atom stereocenters. The Morgan fingerprint density at radius 2 is 1.80 bits per heavy atom. The maximum absolute atomic E-state index is 6.26. The van der Waals surface area contributed by atoms with E-state index in [0.29, 0.717) is 28.1 Å². The van der Waals surface area contributed by atoms with Crippen molar-refractivity contribution in [3.63, 3.8) is 0 Å². The van der Waals surface area contributed by atoms with Crippen LogP contribution in [0.3, 0.4) is 0 Å². The smallest absolute Gasteiger partial charge is 0.149 e. The van der Waals surface area contributed by atoms with E-state index in [4.69, 9.17) is 38.4 Å². The van der Waals surface area contributed by atoms with E-state index in [1.54, 1.807) is 20.3 Å². The van der Waals surface area contributed by atoms with Crippen molar-refractivity contribution in [2.45, 2.75) is 6.54 Å². The lowest BCUT2D eigenvalue weighted by Gasteiger charge is -2.14. The summed E-state index contributed by atoms with van der Waals surface area (Å²) in [5, 5.41) is 1.06. The summed E-state index contributed by atoms with van der Waals surface area (Å²) in [4.78, 5) is 0. The largest absolute Gasteiger partial charge is 0.495 e. The fraction of sp³-hybridized carbons (Fsp3) is 0.200. The van der Waals surface area contributed by atoms with Gasteiger partial charge in [-0.15, -0.1) is 0 Å². The van der Waals surface area contributed by atoms with Crippen LogP contribution in [-0.2, 0) is 6.54 Å². The van der Waals surface area contributed by atoms with E-state index >= 15 is 0 Å². The van der Waals surface area contributed by atoms with Crippen molar-refractivity contribution < 1.29 is 9.47 Å². The van der Waals surface area contributed by atoms with Gasteiger partial charge in [0.15, 0.2) is 0 Å². The Labute approximate surface area is 128 Å². The van der Waals surface area contributed by atoms with E-state index in [2.05, 4.69) is 0 Å². The zero-order valence-electron chi connectivity index (χ0n) is 11.2. The molecule has 20 heavy (non-hydrogen) atoms. The molecule has 0 aliphatic heterocycles. The van der Waals surface area contributed by atoms with Crippen LogP contribution in [0.1, 0.15) is 5.56 Å². The molecule has 0 spiro atoms. The molecule has 3 nitrogen and oxygen atoms in total. The first-order chi connectivity index (χ1) is 9.62. The third-order valence-corrected chi connectivity index (χ3v) is 3.78. The number of hydrogen-bond donors (Lipinski definition) is 1. The average Bonchev–Trinajstić information content (AvgIpc) is 2.46. The van der Waals surface area contributed by atoms with Gasteiger partial charge in [-0.1, -0.05) is 35.3 Å². The number of hydrogen-bond acceptors (Lipinski definition) is 3. The molecular formula is C15H15Cl2NO2. The van der Waals surface area contributed by atoms with E-state index < -0.39 is 0 Å². The van der Waals surface area contributed by atoms with Gasteiger partial charge in [0.2, 0.25) is 0 Å². The third kappa shape index (κ3) is 2.70. The predicted octanol–water partition coefficient (Wildman–Crippen LogP) is 4.14. The molecule has 0 atom stereocenters. The zero-order chi connectivity index (χ0) is 14.7. The molecule has 0 aliphatic rings. The number of ether oxygens (including phenoxy) is 2. The Morgan fingerprint density at radius 1 is 1.05 bits per heavy atom. The average molecular weight is 312 g/mol. The van der Waals surface area contributed by atoms with Crippen molar-refractivity contribution in [1.29, 1.82) is 0 Å².